The Morgan fingerprint density at radius 1 is 0.870 bits per heavy atom. The third kappa shape index (κ3) is 8.85. The zero-order chi connectivity index (χ0) is 16.8. The average molecular weight is 322 g/mol. The maximum absolute atomic E-state index is 5.77. The Kier molecular flexibility index (Phi) is 11.4. The van der Waals surface area contributed by atoms with Crippen LogP contribution in [0.2, 0.25) is 0 Å². The molecule has 0 radical (unpaired) electrons. The second-order valence-corrected chi connectivity index (χ2v) is 6.13. The number of benzene rings is 1. The third-order valence-electron chi connectivity index (χ3n) is 4.02. The molecule has 1 aromatic carbocycles. The Labute approximate surface area is 142 Å². The molecule has 1 aromatic rings. The minimum absolute atomic E-state index is 0.752. The monoisotopic (exact) mass is 321 g/mol. The van der Waals surface area contributed by atoms with Gasteiger partial charge in [0.05, 0.1) is 13.7 Å². The standard InChI is InChI=1S/C20H35NO2/c1-4-6-8-9-10-11-14-21-17-18-12-13-19(20(16-18)22-3)23-15-7-5-2/h12-13,16,21H,4-11,14-15,17H2,1-3H3. The Bertz CT molecular complexity index is 407. The number of nitrogens with one attached hydrogen (secondary N) is 1. The van der Waals surface area contributed by atoms with E-state index in [9.17, 15) is 0 Å². The number of unbranched alkanes of at least 4 members (excludes halogenated alkanes) is 6. The van der Waals surface area contributed by atoms with Gasteiger partial charge in [-0.15, -0.1) is 0 Å². The number of hydrogen-bond donors (Lipinski definition) is 1. The third-order valence-corrected chi connectivity index (χ3v) is 4.02. The van der Waals surface area contributed by atoms with Crippen LogP contribution in [0.1, 0.15) is 70.8 Å². The molecule has 0 bridgehead atoms. The first-order valence-electron chi connectivity index (χ1n) is 9.32. The Morgan fingerprint density at radius 3 is 2.35 bits per heavy atom. The summed E-state index contributed by atoms with van der Waals surface area (Å²) in [5.41, 5.74) is 1.25. The van der Waals surface area contributed by atoms with Gasteiger partial charge in [-0.05, 0) is 37.1 Å². The fourth-order valence-corrected chi connectivity index (χ4v) is 2.53. The van der Waals surface area contributed by atoms with Gasteiger partial charge in [-0.25, -0.2) is 0 Å². The molecule has 0 fully saturated rings. The topological polar surface area (TPSA) is 30.5 Å². The van der Waals surface area contributed by atoms with Gasteiger partial charge < -0.3 is 14.8 Å². The molecule has 23 heavy (non-hydrogen) atoms. The highest BCUT2D eigenvalue weighted by atomic mass is 16.5. The highest BCUT2D eigenvalue weighted by molar-refractivity contribution is 5.42. The Balaban J connectivity index is 2.26. The maximum Gasteiger partial charge on any atom is 0.161 e. The van der Waals surface area contributed by atoms with Crippen molar-refractivity contribution in [2.45, 2.75) is 71.8 Å². The zero-order valence-corrected chi connectivity index (χ0v) is 15.3. The van der Waals surface area contributed by atoms with Crippen LogP contribution in [0.15, 0.2) is 18.2 Å². The largest absolute Gasteiger partial charge is 0.493 e. The molecule has 0 heterocycles. The van der Waals surface area contributed by atoms with Crippen LogP contribution in [0.3, 0.4) is 0 Å². The molecule has 0 spiro atoms. The van der Waals surface area contributed by atoms with Gasteiger partial charge in [-0.1, -0.05) is 58.4 Å². The molecule has 0 aliphatic rings. The van der Waals surface area contributed by atoms with Gasteiger partial charge in [0.1, 0.15) is 0 Å². The molecule has 0 atom stereocenters. The molecule has 0 aromatic heterocycles. The van der Waals surface area contributed by atoms with Crippen molar-refractivity contribution in [2.24, 2.45) is 0 Å². The molecule has 3 nitrogen and oxygen atoms in total. The SMILES string of the molecule is CCCCCCCCNCc1ccc(OCCCC)c(OC)c1. The van der Waals surface area contributed by atoms with E-state index in [4.69, 9.17) is 9.47 Å². The summed E-state index contributed by atoms with van der Waals surface area (Å²) in [6, 6.07) is 6.23. The zero-order valence-electron chi connectivity index (χ0n) is 15.3. The molecule has 1 N–H and O–H groups in total. The molecular formula is C20H35NO2. The van der Waals surface area contributed by atoms with Crippen molar-refractivity contribution >= 4 is 0 Å². The number of ether oxygens (including phenoxy) is 2. The van der Waals surface area contributed by atoms with E-state index in [1.54, 1.807) is 7.11 Å². The lowest BCUT2D eigenvalue weighted by Gasteiger charge is -2.12. The van der Waals surface area contributed by atoms with Crippen molar-refractivity contribution in [1.29, 1.82) is 0 Å². The predicted molar refractivity (Wildman–Crippen MR) is 98.5 cm³/mol. The van der Waals surface area contributed by atoms with E-state index in [1.807, 2.05) is 6.07 Å². The normalized spacial score (nSPS) is 10.7. The fraction of sp³-hybridized carbons (Fsp3) is 0.700. The summed E-state index contributed by atoms with van der Waals surface area (Å²) in [5, 5.41) is 3.52. The summed E-state index contributed by atoms with van der Waals surface area (Å²) >= 11 is 0. The van der Waals surface area contributed by atoms with Crippen LogP contribution in [0.4, 0.5) is 0 Å². The lowest BCUT2D eigenvalue weighted by molar-refractivity contribution is 0.288. The van der Waals surface area contributed by atoms with Crippen molar-refractivity contribution < 1.29 is 9.47 Å². The van der Waals surface area contributed by atoms with E-state index in [0.29, 0.717) is 0 Å². The van der Waals surface area contributed by atoms with Gasteiger partial charge in [0.2, 0.25) is 0 Å². The van der Waals surface area contributed by atoms with Crippen LogP contribution in [-0.2, 0) is 6.54 Å². The summed E-state index contributed by atoms with van der Waals surface area (Å²) in [5.74, 6) is 1.68. The first-order chi connectivity index (χ1) is 11.3. The molecule has 0 saturated carbocycles. The summed E-state index contributed by atoms with van der Waals surface area (Å²) in [4.78, 5) is 0. The lowest BCUT2D eigenvalue weighted by atomic mass is 10.1. The van der Waals surface area contributed by atoms with E-state index in [-0.39, 0.29) is 0 Å². The van der Waals surface area contributed by atoms with Crippen molar-refractivity contribution in [2.75, 3.05) is 20.3 Å². The highest BCUT2D eigenvalue weighted by Gasteiger charge is 2.05. The molecule has 0 amide bonds. The van der Waals surface area contributed by atoms with E-state index in [2.05, 4.69) is 31.3 Å². The van der Waals surface area contributed by atoms with Crippen LogP contribution < -0.4 is 14.8 Å². The molecule has 0 aliphatic heterocycles. The average Bonchev–Trinajstić information content (AvgIpc) is 2.58. The molecule has 3 heteroatoms. The summed E-state index contributed by atoms with van der Waals surface area (Å²) < 4.78 is 11.2. The quantitative estimate of drug-likeness (QED) is 0.470. The summed E-state index contributed by atoms with van der Waals surface area (Å²) in [6.45, 7) is 7.15. The van der Waals surface area contributed by atoms with Gasteiger partial charge in [0, 0.05) is 6.54 Å². The Morgan fingerprint density at radius 2 is 1.61 bits per heavy atom. The minimum Gasteiger partial charge on any atom is -0.493 e. The van der Waals surface area contributed by atoms with Gasteiger partial charge >= 0.3 is 0 Å². The maximum atomic E-state index is 5.77. The fourth-order valence-electron chi connectivity index (χ4n) is 2.53. The van der Waals surface area contributed by atoms with Crippen LogP contribution in [0.5, 0.6) is 11.5 Å². The highest BCUT2D eigenvalue weighted by Crippen LogP contribution is 2.28. The minimum atomic E-state index is 0.752. The molecular weight excluding hydrogens is 286 g/mol. The smallest absolute Gasteiger partial charge is 0.161 e. The van der Waals surface area contributed by atoms with E-state index in [1.165, 1.54) is 44.1 Å². The van der Waals surface area contributed by atoms with E-state index >= 15 is 0 Å². The predicted octanol–water partition coefficient (Wildman–Crippen LogP) is 5.32. The van der Waals surface area contributed by atoms with Crippen LogP contribution >= 0.6 is 0 Å². The van der Waals surface area contributed by atoms with Crippen molar-refractivity contribution in [3.63, 3.8) is 0 Å². The van der Waals surface area contributed by atoms with Crippen molar-refractivity contribution in [3.05, 3.63) is 23.8 Å². The van der Waals surface area contributed by atoms with Crippen molar-refractivity contribution in [1.82, 2.24) is 5.32 Å². The second-order valence-electron chi connectivity index (χ2n) is 6.13. The van der Waals surface area contributed by atoms with Gasteiger partial charge in [0.15, 0.2) is 11.5 Å². The van der Waals surface area contributed by atoms with Gasteiger partial charge in [0.25, 0.3) is 0 Å². The van der Waals surface area contributed by atoms with Crippen LogP contribution in [0.25, 0.3) is 0 Å². The number of methoxy groups -OCH3 is 1. The summed E-state index contributed by atoms with van der Waals surface area (Å²) in [7, 11) is 1.70. The van der Waals surface area contributed by atoms with Crippen LogP contribution in [-0.4, -0.2) is 20.3 Å². The first-order valence-corrected chi connectivity index (χ1v) is 9.32. The van der Waals surface area contributed by atoms with Gasteiger partial charge in [-0.2, -0.15) is 0 Å². The van der Waals surface area contributed by atoms with E-state index in [0.717, 1.165) is 44.0 Å². The Hall–Kier alpha value is -1.22. The number of hydrogen-bond acceptors (Lipinski definition) is 3. The molecule has 0 unspecified atom stereocenters. The van der Waals surface area contributed by atoms with E-state index < -0.39 is 0 Å². The van der Waals surface area contributed by atoms with Gasteiger partial charge in [-0.3, -0.25) is 0 Å². The molecule has 132 valence electrons. The summed E-state index contributed by atoms with van der Waals surface area (Å²) in [6.07, 6.45) is 10.3. The molecule has 0 aliphatic carbocycles. The van der Waals surface area contributed by atoms with Crippen molar-refractivity contribution in [3.8, 4) is 11.5 Å². The lowest BCUT2D eigenvalue weighted by Crippen LogP contribution is -2.14. The first kappa shape index (κ1) is 19.8. The second kappa shape index (κ2) is 13.2. The molecule has 1 rings (SSSR count). The number of rotatable bonds is 14. The molecule has 0 saturated heterocycles. The van der Waals surface area contributed by atoms with Crippen LogP contribution in [0, 0.1) is 0 Å².